The average molecular weight is 433 g/mol. The molecule has 1 aliphatic rings. The van der Waals surface area contributed by atoms with Crippen LogP contribution in [0.1, 0.15) is 51.0 Å². The summed E-state index contributed by atoms with van der Waals surface area (Å²) in [5.74, 6) is 0.136. The first-order valence-corrected chi connectivity index (χ1v) is 9.32. The van der Waals surface area contributed by atoms with Crippen molar-refractivity contribution in [1.29, 1.82) is 0 Å². The zero-order valence-corrected chi connectivity index (χ0v) is 17.1. The minimum Gasteiger partial charge on any atom is -0.397 e. The van der Waals surface area contributed by atoms with Crippen LogP contribution in [0.25, 0.3) is 0 Å². The first-order valence-electron chi connectivity index (χ1n) is 8.52. The van der Waals surface area contributed by atoms with E-state index in [-0.39, 0.29) is 24.2 Å². The van der Waals surface area contributed by atoms with Gasteiger partial charge in [0.2, 0.25) is 11.8 Å². The third kappa shape index (κ3) is 6.51. The van der Waals surface area contributed by atoms with Crippen LogP contribution < -0.4 is 16.4 Å². The van der Waals surface area contributed by atoms with E-state index in [1.165, 1.54) is 19.3 Å². The van der Waals surface area contributed by atoms with Gasteiger partial charge in [-0.05, 0) is 50.3 Å². The predicted octanol–water partition coefficient (Wildman–Crippen LogP) is 4.18. The number of hydrogen-bond donors (Lipinski definition) is 3. The summed E-state index contributed by atoms with van der Waals surface area (Å²) in [6.45, 7) is 3.57. The Balaban J connectivity index is 0.00000312. The SMILES string of the molecule is Cc1cc(Br)cc(NC(=O)C(C)NC(=O)CC2CCCCC2)c1N.Cl. The van der Waals surface area contributed by atoms with Gasteiger partial charge in [-0.1, -0.05) is 35.2 Å². The van der Waals surface area contributed by atoms with Crippen molar-refractivity contribution in [2.45, 2.75) is 58.4 Å². The molecule has 1 unspecified atom stereocenters. The number of carbonyl (C=O) groups excluding carboxylic acids is 2. The van der Waals surface area contributed by atoms with Crippen molar-refractivity contribution in [3.05, 3.63) is 22.2 Å². The number of halogens is 2. The number of aryl methyl sites for hydroxylation is 1. The van der Waals surface area contributed by atoms with Gasteiger partial charge >= 0.3 is 0 Å². The maximum absolute atomic E-state index is 12.3. The fraction of sp³-hybridized carbons (Fsp3) is 0.556. The molecule has 140 valence electrons. The third-order valence-electron chi connectivity index (χ3n) is 4.58. The number of nitrogen functional groups attached to an aromatic ring is 1. The molecule has 0 heterocycles. The molecule has 25 heavy (non-hydrogen) atoms. The Labute approximate surface area is 164 Å². The summed E-state index contributed by atoms with van der Waals surface area (Å²) in [4.78, 5) is 24.4. The summed E-state index contributed by atoms with van der Waals surface area (Å²) in [5.41, 5.74) is 7.98. The number of nitrogens with two attached hydrogens (primary N) is 1. The maximum Gasteiger partial charge on any atom is 0.246 e. The summed E-state index contributed by atoms with van der Waals surface area (Å²) in [7, 11) is 0. The highest BCUT2D eigenvalue weighted by Crippen LogP contribution is 2.28. The fourth-order valence-electron chi connectivity index (χ4n) is 3.12. The monoisotopic (exact) mass is 431 g/mol. The van der Waals surface area contributed by atoms with E-state index in [4.69, 9.17) is 5.73 Å². The Morgan fingerprint density at radius 2 is 1.92 bits per heavy atom. The van der Waals surface area contributed by atoms with Crippen LogP contribution in [0.15, 0.2) is 16.6 Å². The molecule has 2 amide bonds. The van der Waals surface area contributed by atoms with Crippen LogP contribution in [0.5, 0.6) is 0 Å². The molecule has 0 bridgehead atoms. The lowest BCUT2D eigenvalue weighted by Gasteiger charge is -2.22. The second-order valence-electron chi connectivity index (χ2n) is 6.67. The summed E-state index contributed by atoms with van der Waals surface area (Å²) in [6.07, 6.45) is 6.41. The molecule has 4 N–H and O–H groups in total. The minimum absolute atomic E-state index is 0. The summed E-state index contributed by atoms with van der Waals surface area (Å²) >= 11 is 3.39. The lowest BCUT2D eigenvalue weighted by molar-refractivity contribution is -0.126. The Kier molecular flexibility index (Phi) is 8.73. The van der Waals surface area contributed by atoms with Crippen LogP contribution in [0.3, 0.4) is 0 Å². The van der Waals surface area contributed by atoms with Gasteiger partial charge in [0.1, 0.15) is 6.04 Å². The Morgan fingerprint density at radius 3 is 2.56 bits per heavy atom. The molecule has 1 aromatic rings. The summed E-state index contributed by atoms with van der Waals surface area (Å²) in [5, 5.41) is 5.58. The highest BCUT2D eigenvalue weighted by atomic mass is 79.9. The van der Waals surface area contributed by atoms with Gasteiger partial charge in [-0.15, -0.1) is 12.4 Å². The molecule has 0 saturated heterocycles. The lowest BCUT2D eigenvalue weighted by Crippen LogP contribution is -2.42. The molecule has 1 aromatic carbocycles. The highest BCUT2D eigenvalue weighted by Gasteiger charge is 2.21. The Bertz CT molecular complexity index is 619. The molecule has 2 rings (SSSR count). The van der Waals surface area contributed by atoms with E-state index >= 15 is 0 Å². The van der Waals surface area contributed by atoms with E-state index in [0.29, 0.717) is 23.7 Å². The number of rotatable bonds is 5. The maximum atomic E-state index is 12.3. The van der Waals surface area contributed by atoms with Gasteiger partial charge in [0.25, 0.3) is 0 Å². The third-order valence-corrected chi connectivity index (χ3v) is 5.04. The van der Waals surface area contributed by atoms with Gasteiger partial charge in [-0.2, -0.15) is 0 Å². The Morgan fingerprint density at radius 1 is 1.28 bits per heavy atom. The van der Waals surface area contributed by atoms with Crippen molar-refractivity contribution in [2.75, 3.05) is 11.1 Å². The topological polar surface area (TPSA) is 84.2 Å². The quantitative estimate of drug-likeness (QED) is 0.610. The van der Waals surface area contributed by atoms with E-state index < -0.39 is 6.04 Å². The van der Waals surface area contributed by atoms with Crippen molar-refractivity contribution in [3.63, 3.8) is 0 Å². The molecule has 0 radical (unpaired) electrons. The van der Waals surface area contributed by atoms with Gasteiger partial charge < -0.3 is 16.4 Å². The molecular formula is C18H27BrClN3O2. The largest absolute Gasteiger partial charge is 0.397 e. The van der Waals surface area contributed by atoms with Crippen LogP contribution in [0, 0.1) is 12.8 Å². The number of carbonyl (C=O) groups is 2. The molecule has 1 aliphatic carbocycles. The molecule has 1 saturated carbocycles. The van der Waals surface area contributed by atoms with Crippen molar-refractivity contribution in [3.8, 4) is 0 Å². The van der Waals surface area contributed by atoms with Gasteiger partial charge in [-0.3, -0.25) is 9.59 Å². The molecule has 1 fully saturated rings. The van der Waals surface area contributed by atoms with Gasteiger partial charge in [-0.25, -0.2) is 0 Å². The molecule has 0 aliphatic heterocycles. The van der Waals surface area contributed by atoms with Crippen LogP contribution >= 0.6 is 28.3 Å². The zero-order chi connectivity index (χ0) is 17.7. The van der Waals surface area contributed by atoms with Crippen LogP contribution in [0.4, 0.5) is 11.4 Å². The van der Waals surface area contributed by atoms with Crippen LogP contribution in [-0.4, -0.2) is 17.9 Å². The smallest absolute Gasteiger partial charge is 0.246 e. The molecule has 0 spiro atoms. The van der Waals surface area contributed by atoms with Crippen molar-refractivity contribution < 1.29 is 9.59 Å². The molecule has 5 nitrogen and oxygen atoms in total. The van der Waals surface area contributed by atoms with Crippen molar-refractivity contribution in [1.82, 2.24) is 5.32 Å². The predicted molar refractivity (Wildman–Crippen MR) is 108 cm³/mol. The standard InChI is InChI=1S/C18H26BrN3O2.ClH/c1-11-8-14(19)10-15(17(11)20)22-18(24)12(2)21-16(23)9-13-6-4-3-5-7-13;/h8,10,12-13H,3-7,9,20H2,1-2H3,(H,21,23)(H,22,24);1H. The number of amides is 2. The van der Waals surface area contributed by atoms with E-state index in [1.807, 2.05) is 13.0 Å². The fourth-order valence-corrected chi connectivity index (χ4v) is 3.69. The first-order chi connectivity index (χ1) is 11.4. The van der Waals surface area contributed by atoms with Crippen LogP contribution in [-0.2, 0) is 9.59 Å². The minimum atomic E-state index is -0.597. The second kappa shape index (κ2) is 10.0. The van der Waals surface area contributed by atoms with E-state index in [2.05, 4.69) is 26.6 Å². The lowest BCUT2D eigenvalue weighted by atomic mass is 9.87. The summed E-state index contributed by atoms with van der Waals surface area (Å²) < 4.78 is 0.846. The summed E-state index contributed by atoms with van der Waals surface area (Å²) in [6, 6.07) is 3.05. The van der Waals surface area contributed by atoms with Gasteiger partial charge in [0, 0.05) is 10.9 Å². The molecule has 1 atom stereocenters. The second-order valence-corrected chi connectivity index (χ2v) is 7.59. The molecule has 7 heteroatoms. The van der Waals surface area contributed by atoms with E-state index in [0.717, 1.165) is 22.9 Å². The first kappa shape index (κ1) is 21.8. The number of anilines is 2. The van der Waals surface area contributed by atoms with Crippen molar-refractivity contribution in [2.24, 2.45) is 5.92 Å². The highest BCUT2D eigenvalue weighted by molar-refractivity contribution is 9.10. The number of benzene rings is 1. The number of hydrogen-bond acceptors (Lipinski definition) is 3. The average Bonchev–Trinajstić information content (AvgIpc) is 2.52. The van der Waals surface area contributed by atoms with Gasteiger partial charge in [0.15, 0.2) is 0 Å². The van der Waals surface area contributed by atoms with Gasteiger partial charge in [0.05, 0.1) is 11.4 Å². The molecular weight excluding hydrogens is 406 g/mol. The van der Waals surface area contributed by atoms with E-state index in [1.54, 1.807) is 13.0 Å². The number of nitrogens with one attached hydrogen (secondary N) is 2. The Hall–Kier alpha value is -1.27. The zero-order valence-electron chi connectivity index (χ0n) is 14.7. The van der Waals surface area contributed by atoms with E-state index in [9.17, 15) is 9.59 Å². The normalized spacial score (nSPS) is 15.8. The molecule has 0 aromatic heterocycles. The van der Waals surface area contributed by atoms with Crippen LogP contribution in [0.2, 0.25) is 0 Å². The van der Waals surface area contributed by atoms with Crippen molar-refractivity contribution >= 4 is 51.5 Å².